The predicted octanol–water partition coefficient (Wildman–Crippen LogP) is 14.7. The van der Waals surface area contributed by atoms with E-state index in [2.05, 4.69) is 0 Å². The highest BCUT2D eigenvalue weighted by Gasteiger charge is 2.35. The van der Waals surface area contributed by atoms with E-state index < -0.39 is 0 Å². The van der Waals surface area contributed by atoms with Gasteiger partial charge in [0, 0.05) is 66.8 Å². The van der Waals surface area contributed by atoms with Crippen molar-refractivity contribution in [1.29, 1.82) is 0 Å². The van der Waals surface area contributed by atoms with Crippen molar-refractivity contribution < 1.29 is 37.9 Å². The Bertz CT molecular complexity index is 4490. The third kappa shape index (κ3) is 9.52. The van der Waals surface area contributed by atoms with Crippen molar-refractivity contribution in [3.05, 3.63) is 229 Å². The molecule has 16 nitrogen and oxygen atoms in total. The molecule has 0 saturated carbocycles. The Labute approximate surface area is 507 Å². The summed E-state index contributed by atoms with van der Waals surface area (Å²) >= 11 is 0. The van der Waals surface area contributed by atoms with Gasteiger partial charge in [-0.1, -0.05) is 133 Å². The van der Waals surface area contributed by atoms with E-state index in [1.54, 1.807) is 56.9 Å². The van der Waals surface area contributed by atoms with E-state index in [-0.39, 0.29) is 11.6 Å². The zero-order valence-electron chi connectivity index (χ0n) is 49.5. The lowest BCUT2D eigenvalue weighted by Gasteiger charge is -2.15. The minimum Gasteiger partial charge on any atom is -0.496 e. The molecular weight excluding hydrogens is 1100 g/mol. The lowest BCUT2D eigenvalue weighted by atomic mass is 9.93. The lowest BCUT2D eigenvalue weighted by Crippen LogP contribution is -2.02. The number of rotatable bonds is 16. The third-order valence-electron chi connectivity index (χ3n) is 15.5. The molecule has 0 unspecified atom stereocenters. The van der Waals surface area contributed by atoms with Crippen LogP contribution in [0.1, 0.15) is 34.4 Å². The second-order valence-electron chi connectivity index (χ2n) is 20.1. The lowest BCUT2D eigenvalue weighted by molar-refractivity contribution is 0.413. The molecule has 0 radical (unpaired) electrons. The Morgan fingerprint density at radius 1 is 0.239 bits per heavy atom. The first-order chi connectivity index (χ1) is 43.3. The monoisotopic (exact) mass is 1160 g/mol. The van der Waals surface area contributed by atoms with Gasteiger partial charge in [-0.05, 0) is 72.8 Å². The maximum Gasteiger partial charge on any atom is 0.165 e. The summed E-state index contributed by atoms with van der Waals surface area (Å²) in [7, 11) is 13.2. The van der Waals surface area contributed by atoms with E-state index in [9.17, 15) is 0 Å². The van der Waals surface area contributed by atoms with Gasteiger partial charge < -0.3 is 37.9 Å². The van der Waals surface area contributed by atoms with E-state index in [0.717, 1.165) is 0 Å². The van der Waals surface area contributed by atoms with Crippen LogP contribution in [0, 0.1) is 0 Å². The van der Waals surface area contributed by atoms with Crippen molar-refractivity contribution in [2.45, 2.75) is 0 Å². The number of methoxy groups -OCH3 is 8. The van der Waals surface area contributed by atoms with E-state index in [4.69, 9.17) is 67.8 Å². The molecule has 5 heterocycles. The minimum absolute atomic E-state index is 0.247. The maximum atomic E-state index is 6.33. The van der Waals surface area contributed by atoms with Gasteiger partial charge >= 0.3 is 0 Å². The summed E-state index contributed by atoms with van der Waals surface area (Å²) in [6.07, 6.45) is 3.69. The van der Waals surface area contributed by atoms with Gasteiger partial charge in [-0.3, -0.25) is 9.13 Å². The number of para-hydroxylation sites is 10. The molecule has 0 atom stereocenters. The van der Waals surface area contributed by atoms with Gasteiger partial charge in [0.15, 0.2) is 23.3 Å². The molecule has 2 aliphatic heterocycles. The van der Waals surface area contributed by atoms with Crippen molar-refractivity contribution >= 4 is 45.9 Å². The second-order valence-corrected chi connectivity index (χ2v) is 20.1. The first-order valence-corrected chi connectivity index (χ1v) is 28.2. The van der Waals surface area contributed by atoms with Crippen LogP contribution in [0.15, 0.2) is 194 Å². The third-order valence-corrected chi connectivity index (χ3v) is 15.5. The Balaban J connectivity index is 1.40. The van der Waals surface area contributed by atoms with Gasteiger partial charge in [-0.25, -0.2) is 29.9 Å². The molecular formula is C72H58N8O8. The van der Waals surface area contributed by atoms with E-state index in [1.165, 1.54) is 0 Å². The molecule has 0 saturated heterocycles. The highest BCUT2D eigenvalue weighted by molar-refractivity contribution is 6.10. The van der Waals surface area contributed by atoms with Crippen LogP contribution in [-0.4, -0.2) is 95.9 Å². The van der Waals surface area contributed by atoms with Crippen LogP contribution in [0.5, 0.6) is 46.0 Å². The topological polar surface area (TPSA) is 161 Å². The summed E-state index contributed by atoms with van der Waals surface area (Å²) in [6, 6.07) is 62.4. The van der Waals surface area contributed by atoms with Crippen LogP contribution < -0.4 is 37.9 Å². The summed E-state index contributed by atoms with van der Waals surface area (Å²) in [4.78, 5) is 34.4. The number of nitrogens with zero attached hydrogens (tertiary/aromatic N) is 8. The van der Waals surface area contributed by atoms with Crippen LogP contribution in [-0.2, 0) is 0 Å². The first kappa shape index (κ1) is 55.7. The summed E-state index contributed by atoms with van der Waals surface area (Å²) < 4.78 is 54.4. The van der Waals surface area contributed by atoms with Crippen molar-refractivity contribution in [3.63, 3.8) is 0 Å². The predicted molar refractivity (Wildman–Crippen MR) is 343 cm³/mol. The number of benzene rings is 8. The SMILES string of the molecule is COc1ccccc1C1=C(c2ccccc2OC)c2nc1nc1c(-c3ccccc3OC)c(-c3ccccc3OC)c(nc3nc(nc4c(-c5ccccc5OC)c(-c5ccccc5OC)c(n2)n4-c2ccccc2OC)C=C3)n1-c1ccccc1OC. The smallest absolute Gasteiger partial charge is 0.165 e. The molecule has 3 aromatic heterocycles. The fourth-order valence-corrected chi connectivity index (χ4v) is 11.7. The maximum absolute atomic E-state index is 6.33. The number of fused-ring (bicyclic) bond motifs is 8. The highest BCUT2D eigenvalue weighted by atomic mass is 16.5. The molecule has 434 valence electrons. The Morgan fingerprint density at radius 2 is 0.477 bits per heavy atom. The molecule has 16 heteroatoms. The second kappa shape index (κ2) is 23.9. The van der Waals surface area contributed by atoms with Crippen molar-refractivity contribution in [2.24, 2.45) is 0 Å². The molecule has 0 spiro atoms. The first-order valence-electron chi connectivity index (χ1n) is 28.2. The van der Waals surface area contributed by atoms with Crippen molar-refractivity contribution in [3.8, 4) is 102 Å². The average Bonchev–Trinajstić information content (AvgIpc) is 1.63. The summed E-state index contributed by atoms with van der Waals surface area (Å²) in [5.74, 6) is 5.52. The van der Waals surface area contributed by atoms with Crippen LogP contribution >= 0.6 is 0 Å². The van der Waals surface area contributed by atoms with Gasteiger partial charge in [-0.2, -0.15) is 0 Å². The largest absolute Gasteiger partial charge is 0.496 e. The standard InChI is InChI=1S/C72H58N8O8/c1-81-51-33-17-9-25-43(51)61-62(44-26-10-18-34-52(44)82-2)68-76-67(61)77-71-65(47-29-13-21-37-55(47)85-5)63(45-27-11-19-35-53(45)83-3)69(79(71)49-31-15-23-39-57(49)87-7)74-59-41-42-60(73-59)75-70-64(46-28-12-20-36-54(46)84-4)66(48-30-14-22-38-56(48)86-6)72(78-68)80(70)50-32-16-24-40-58(50)88-8/h9-42H,1-8H3. The fourth-order valence-electron chi connectivity index (χ4n) is 11.7. The van der Waals surface area contributed by atoms with E-state index in [1.807, 2.05) is 215 Å². The van der Waals surface area contributed by atoms with Gasteiger partial charge in [-0.15, -0.1) is 0 Å². The van der Waals surface area contributed by atoms with Gasteiger partial charge in [0.1, 0.15) is 68.6 Å². The molecule has 8 aromatic carbocycles. The van der Waals surface area contributed by atoms with Crippen LogP contribution in [0.3, 0.4) is 0 Å². The average molecular weight is 1160 g/mol. The molecule has 0 fully saturated rings. The van der Waals surface area contributed by atoms with Crippen LogP contribution in [0.2, 0.25) is 0 Å². The molecule has 8 bridgehead atoms. The van der Waals surface area contributed by atoms with Gasteiger partial charge in [0.2, 0.25) is 0 Å². The molecule has 13 rings (SSSR count). The molecule has 88 heavy (non-hydrogen) atoms. The van der Waals surface area contributed by atoms with Crippen LogP contribution in [0.4, 0.5) is 0 Å². The number of aromatic nitrogens is 8. The number of hydrogen-bond donors (Lipinski definition) is 0. The normalized spacial score (nSPS) is 11.8. The van der Waals surface area contributed by atoms with Gasteiger partial charge in [0.05, 0.1) is 68.3 Å². The molecule has 11 aromatic rings. The minimum atomic E-state index is 0.247. The summed E-state index contributed by atoms with van der Waals surface area (Å²) in [5, 5.41) is 0. The Kier molecular flexibility index (Phi) is 15.1. The van der Waals surface area contributed by atoms with E-state index in [0.29, 0.717) is 158 Å². The zero-order chi connectivity index (χ0) is 60.4. The van der Waals surface area contributed by atoms with Crippen molar-refractivity contribution in [1.82, 2.24) is 39.0 Å². The molecule has 0 N–H and O–H groups in total. The zero-order valence-corrected chi connectivity index (χ0v) is 49.5. The number of ether oxygens (including phenoxy) is 8. The fraction of sp³-hybridized carbons (Fsp3) is 0.111. The quantitative estimate of drug-likeness (QED) is 0.0898. The van der Waals surface area contributed by atoms with Crippen molar-refractivity contribution in [2.75, 3.05) is 56.9 Å². The summed E-state index contributed by atoms with van der Waals surface area (Å²) in [6.45, 7) is 0. The Hall–Kier alpha value is -11.5. The molecule has 0 aliphatic carbocycles. The number of hydrogen-bond acceptors (Lipinski definition) is 14. The molecule has 2 aliphatic rings. The molecule has 0 amide bonds. The van der Waals surface area contributed by atoms with Crippen LogP contribution in [0.25, 0.3) is 102 Å². The Morgan fingerprint density at radius 3 is 0.773 bits per heavy atom. The summed E-state index contributed by atoms with van der Waals surface area (Å²) in [5.41, 5.74) is 10.5. The highest BCUT2D eigenvalue weighted by Crippen LogP contribution is 2.52. The van der Waals surface area contributed by atoms with E-state index >= 15 is 0 Å². The van der Waals surface area contributed by atoms with Gasteiger partial charge in [0.25, 0.3) is 0 Å².